The lowest BCUT2D eigenvalue weighted by atomic mass is 10.4. The van der Waals surface area contributed by atoms with Gasteiger partial charge in [-0.1, -0.05) is 0 Å². The van der Waals surface area contributed by atoms with E-state index in [1.165, 1.54) is 0 Å². The first-order valence-electron chi connectivity index (χ1n) is 2.92. The van der Waals surface area contributed by atoms with Crippen LogP contribution in [0.25, 0.3) is 0 Å². The number of alkyl halides is 3. The van der Waals surface area contributed by atoms with Crippen LogP contribution in [0.1, 0.15) is 5.69 Å². The van der Waals surface area contributed by atoms with Crippen LogP contribution >= 0.6 is 0 Å². The van der Waals surface area contributed by atoms with Crippen LogP contribution in [0.5, 0.6) is 0 Å². The molecule has 1 heterocycles. The van der Waals surface area contributed by atoms with E-state index in [2.05, 4.69) is 9.97 Å². The summed E-state index contributed by atoms with van der Waals surface area (Å²) in [4.78, 5) is 6.05. The number of rotatable bonds is 1. The molecule has 0 saturated carbocycles. The van der Waals surface area contributed by atoms with Gasteiger partial charge in [-0.2, -0.15) is 13.2 Å². The third-order valence-corrected chi connectivity index (χ3v) is 1.59. The van der Waals surface area contributed by atoms with E-state index in [0.717, 1.165) is 6.20 Å². The molecule has 0 bridgehead atoms. The van der Waals surface area contributed by atoms with Gasteiger partial charge >= 0.3 is 6.18 Å². The average molecular weight is 212 g/mol. The van der Waals surface area contributed by atoms with Crippen molar-refractivity contribution in [1.29, 1.82) is 0 Å². The molecule has 1 aromatic rings. The van der Waals surface area contributed by atoms with Crippen molar-refractivity contribution < 1.29 is 21.9 Å². The van der Waals surface area contributed by atoms with Gasteiger partial charge < -0.3 is 0 Å². The summed E-state index contributed by atoms with van der Waals surface area (Å²) < 4.78 is 54.6. The van der Waals surface area contributed by atoms with E-state index in [1.807, 2.05) is 0 Å². The molecule has 0 aromatic carbocycles. The van der Waals surface area contributed by atoms with Crippen LogP contribution in [0.3, 0.4) is 0 Å². The second-order valence-corrected chi connectivity index (χ2v) is 2.83. The highest BCUT2D eigenvalue weighted by Gasteiger charge is 2.33. The molecule has 0 aliphatic carbocycles. The van der Waals surface area contributed by atoms with Crippen LogP contribution < -0.4 is 0 Å². The van der Waals surface area contributed by atoms with E-state index in [0.29, 0.717) is 6.07 Å². The first-order chi connectivity index (χ1) is 5.91. The maximum absolute atomic E-state index is 12.0. The Kier molecular flexibility index (Phi) is 2.62. The van der Waals surface area contributed by atoms with Gasteiger partial charge in [0, 0.05) is 6.20 Å². The molecule has 1 unspecified atom stereocenters. The molecule has 13 heavy (non-hydrogen) atoms. The van der Waals surface area contributed by atoms with E-state index in [1.54, 1.807) is 0 Å². The number of aromatic nitrogens is 2. The van der Waals surface area contributed by atoms with Crippen molar-refractivity contribution in [2.75, 3.05) is 0 Å². The van der Waals surface area contributed by atoms with Crippen LogP contribution in [0, 0.1) is 0 Å². The minimum Gasteiger partial charge on any atom is -0.300 e. The summed E-state index contributed by atoms with van der Waals surface area (Å²) in [6.45, 7) is 0. The van der Waals surface area contributed by atoms with Crippen molar-refractivity contribution >= 4 is 11.1 Å². The lowest BCUT2D eigenvalue weighted by molar-refractivity contribution is -0.141. The molecule has 72 valence electrons. The number of hydrogen-bond acceptors (Lipinski definition) is 3. The Bertz CT molecular complexity index is 341. The molecule has 1 N–H and O–H groups in total. The highest BCUT2D eigenvalue weighted by Crippen LogP contribution is 2.27. The summed E-state index contributed by atoms with van der Waals surface area (Å²) in [5.74, 6) is 0. The van der Waals surface area contributed by atoms with E-state index < -0.39 is 28.1 Å². The fourth-order valence-electron chi connectivity index (χ4n) is 0.583. The Morgan fingerprint density at radius 2 is 2.08 bits per heavy atom. The molecule has 0 aliphatic heterocycles. The molecular weight excluding hydrogens is 209 g/mol. The Hall–Kier alpha value is -1.02. The van der Waals surface area contributed by atoms with Crippen molar-refractivity contribution in [2.24, 2.45) is 0 Å². The second kappa shape index (κ2) is 3.38. The number of hydrogen-bond donors (Lipinski definition) is 1. The smallest absolute Gasteiger partial charge is 0.300 e. The Morgan fingerprint density at radius 3 is 2.54 bits per heavy atom. The molecule has 1 rings (SSSR count). The molecule has 0 amide bonds. The van der Waals surface area contributed by atoms with Gasteiger partial charge in [0.15, 0.2) is 0 Å². The molecule has 4 nitrogen and oxygen atoms in total. The van der Waals surface area contributed by atoms with Crippen molar-refractivity contribution in [3.05, 3.63) is 18.0 Å². The quantitative estimate of drug-likeness (QED) is 0.558. The van der Waals surface area contributed by atoms with Crippen molar-refractivity contribution in [1.82, 2.24) is 9.97 Å². The van der Waals surface area contributed by atoms with E-state index in [-0.39, 0.29) is 0 Å². The van der Waals surface area contributed by atoms with Crippen molar-refractivity contribution in [2.45, 2.75) is 11.3 Å². The van der Waals surface area contributed by atoms with Crippen molar-refractivity contribution in [3.63, 3.8) is 0 Å². The zero-order chi connectivity index (χ0) is 10.1. The van der Waals surface area contributed by atoms with Gasteiger partial charge in [0.05, 0.1) is 0 Å². The lowest BCUT2D eigenvalue weighted by Gasteiger charge is -2.04. The van der Waals surface area contributed by atoms with E-state index in [4.69, 9.17) is 4.55 Å². The van der Waals surface area contributed by atoms with Crippen LogP contribution in [0.2, 0.25) is 0 Å². The zero-order valence-electron chi connectivity index (χ0n) is 5.95. The van der Waals surface area contributed by atoms with Crippen LogP contribution in [0.15, 0.2) is 17.4 Å². The maximum atomic E-state index is 12.0. The van der Waals surface area contributed by atoms with Crippen LogP contribution in [0.4, 0.5) is 13.2 Å². The summed E-state index contributed by atoms with van der Waals surface area (Å²) in [7, 11) is 0. The zero-order valence-corrected chi connectivity index (χ0v) is 6.76. The fourth-order valence-corrected chi connectivity index (χ4v) is 0.910. The van der Waals surface area contributed by atoms with Gasteiger partial charge in [-0.15, -0.1) is 0 Å². The highest BCUT2D eigenvalue weighted by molar-refractivity contribution is 7.79. The number of halogens is 3. The SMILES string of the molecule is O=S(O)c1nccc(C(F)(F)F)n1. The molecule has 8 heteroatoms. The summed E-state index contributed by atoms with van der Waals surface area (Å²) in [6, 6.07) is 0.621. The Balaban J connectivity index is 3.13. The third-order valence-electron chi connectivity index (χ3n) is 1.08. The van der Waals surface area contributed by atoms with Crippen LogP contribution in [-0.2, 0) is 17.3 Å². The summed E-state index contributed by atoms with van der Waals surface area (Å²) in [6.07, 6.45) is -3.85. The highest BCUT2D eigenvalue weighted by atomic mass is 32.2. The standard InChI is InChI=1S/C5H3F3N2O2S/c6-5(7,8)3-1-2-9-4(10-3)13(11)12/h1-2H,(H,11,12). The van der Waals surface area contributed by atoms with Gasteiger partial charge in [-0.05, 0) is 6.07 Å². The van der Waals surface area contributed by atoms with Gasteiger partial charge in [0.25, 0.3) is 0 Å². The minimum absolute atomic E-state index is 0.621. The first kappa shape index (κ1) is 10.1. The maximum Gasteiger partial charge on any atom is 0.433 e. The van der Waals surface area contributed by atoms with E-state index in [9.17, 15) is 17.4 Å². The summed E-state index contributed by atoms with van der Waals surface area (Å²) in [5, 5.41) is -0.755. The van der Waals surface area contributed by atoms with Gasteiger partial charge in [-0.3, -0.25) is 4.55 Å². The second-order valence-electron chi connectivity index (χ2n) is 1.97. The predicted molar refractivity (Wildman–Crippen MR) is 36.1 cm³/mol. The minimum atomic E-state index is -4.63. The number of nitrogens with zero attached hydrogens (tertiary/aromatic N) is 2. The molecule has 1 atom stereocenters. The molecular formula is C5H3F3N2O2S. The monoisotopic (exact) mass is 212 g/mol. The van der Waals surface area contributed by atoms with E-state index >= 15 is 0 Å². The topological polar surface area (TPSA) is 63.1 Å². The van der Waals surface area contributed by atoms with Gasteiger partial charge in [0.2, 0.25) is 16.2 Å². The predicted octanol–water partition coefficient (Wildman–Crippen LogP) is 1.08. The molecule has 0 saturated heterocycles. The lowest BCUT2D eigenvalue weighted by Crippen LogP contribution is -2.10. The summed E-state index contributed by atoms with van der Waals surface area (Å²) >= 11 is -2.60. The Morgan fingerprint density at radius 1 is 1.46 bits per heavy atom. The van der Waals surface area contributed by atoms with Crippen molar-refractivity contribution in [3.8, 4) is 0 Å². The normalized spacial score (nSPS) is 14.2. The molecule has 1 aromatic heterocycles. The fraction of sp³-hybridized carbons (Fsp3) is 0.200. The van der Waals surface area contributed by atoms with Gasteiger partial charge in [0.1, 0.15) is 5.69 Å². The van der Waals surface area contributed by atoms with Crippen LogP contribution in [-0.4, -0.2) is 18.7 Å². The summed E-state index contributed by atoms with van der Waals surface area (Å²) in [5.41, 5.74) is -1.24. The largest absolute Gasteiger partial charge is 0.433 e. The average Bonchev–Trinajstić information content (AvgIpc) is 2.03. The first-order valence-corrected chi connectivity index (χ1v) is 4.03. The Labute approximate surface area is 73.1 Å². The molecule has 0 fully saturated rings. The molecule has 0 spiro atoms. The third kappa shape index (κ3) is 2.46. The molecule has 0 radical (unpaired) electrons. The van der Waals surface area contributed by atoms with Gasteiger partial charge in [-0.25, -0.2) is 14.2 Å². The molecule has 0 aliphatic rings.